The van der Waals surface area contributed by atoms with Gasteiger partial charge in [0.2, 0.25) is 0 Å². The van der Waals surface area contributed by atoms with Gasteiger partial charge in [0.15, 0.2) is 5.65 Å². The van der Waals surface area contributed by atoms with E-state index in [0.717, 1.165) is 20.2 Å². The Morgan fingerprint density at radius 2 is 1.54 bits per heavy atom. The molecule has 0 aliphatic carbocycles. The Balaban J connectivity index is 2.24. The maximum atomic E-state index is 13.0. The average Bonchev–Trinajstić information content (AvgIpc) is 2.71. The van der Waals surface area contributed by atoms with E-state index in [2.05, 4.69) is 20.9 Å². The number of nitrogens with two attached hydrogens (primary N) is 1. The van der Waals surface area contributed by atoms with Crippen LogP contribution >= 0.6 is 15.9 Å². The summed E-state index contributed by atoms with van der Waals surface area (Å²) in [5.74, 6) is 0. The first-order valence-corrected chi connectivity index (χ1v) is 9.40. The minimum atomic E-state index is -0.435. The first-order chi connectivity index (χ1) is 13.4. The molecule has 140 valence electrons. The number of hydrogen-bond donors (Lipinski definition) is 1. The number of nitrogens with zero attached hydrogens (tertiary/aromatic N) is 3. The van der Waals surface area contributed by atoms with Gasteiger partial charge >= 0.3 is 5.69 Å². The molecular weight excluding hydrogens is 420 g/mol. The van der Waals surface area contributed by atoms with Gasteiger partial charge in [0, 0.05) is 29.7 Å². The number of halogens is 1. The fourth-order valence-electron chi connectivity index (χ4n) is 3.33. The van der Waals surface area contributed by atoms with E-state index in [1.54, 1.807) is 7.05 Å². The molecule has 0 bridgehead atoms. The Hall–Kier alpha value is -3.19. The summed E-state index contributed by atoms with van der Waals surface area (Å²) in [4.78, 5) is 30.1. The standard InChI is InChI=1S/C21H17BrN4O2/c1-25-19-16(20(27)26(2)21(25)28)15(12-6-4-3-5-7-12)17(23)18(24-19)13-8-10-14(22)11-9-13/h3-11H,23H2,1-2H3. The van der Waals surface area contributed by atoms with E-state index in [0.29, 0.717) is 28.0 Å². The predicted molar refractivity (Wildman–Crippen MR) is 115 cm³/mol. The van der Waals surface area contributed by atoms with Crippen LogP contribution in [0.2, 0.25) is 0 Å². The summed E-state index contributed by atoms with van der Waals surface area (Å²) in [5, 5.41) is 0.328. The average molecular weight is 437 g/mol. The van der Waals surface area contributed by atoms with Crippen LogP contribution in [0.4, 0.5) is 5.69 Å². The van der Waals surface area contributed by atoms with Gasteiger partial charge in [-0.1, -0.05) is 58.4 Å². The van der Waals surface area contributed by atoms with E-state index in [-0.39, 0.29) is 0 Å². The van der Waals surface area contributed by atoms with Crippen LogP contribution in [-0.2, 0) is 14.1 Å². The summed E-state index contributed by atoms with van der Waals surface area (Å²) in [6.07, 6.45) is 0. The van der Waals surface area contributed by atoms with Crippen LogP contribution in [0.3, 0.4) is 0 Å². The lowest BCUT2D eigenvalue weighted by Gasteiger charge is -2.16. The van der Waals surface area contributed by atoms with Crippen molar-refractivity contribution in [2.75, 3.05) is 5.73 Å². The molecule has 0 fully saturated rings. The Kier molecular flexibility index (Phi) is 4.39. The van der Waals surface area contributed by atoms with Crippen molar-refractivity contribution in [3.05, 3.63) is 79.9 Å². The Morgan fingerprint density at radius 1 is 0.893 bits per heavy atom. The largest absolute Gasteiger partial charge is 0.396 e. The maximum Gasteiger partial charge on any atom is 0.332 e. The van der Waals surface area contributed by atoms with Gasteiger partial charge in [-0.05, 0) is 17.7 Å². The van der Waals surface area contributed by atoms with Crippen molar-refractivity contribution in [2.24, 2.45) is 14.1 Å². The van der Waals surface area contributed by atoms with Gasteiger partial charge in [0.25, 0.3) is 5.56 Å². The molecule has 0 saturated heterocycles. The van der Waals surface area contributed by atoms with Gasteiger partial charge in [-0.25, -0.2) is 9.78 Å². The van der Waals surface area contributed by atoms with Crippen LogP contribution in [-0.4, -0.2) is 14.1 Å². The second-order valence-corrected chi connectivity index (χ2v) is 7.44. The van der Waals surface area contributed by atoms with Gasteiger partial charge < -0.3 is 5.73 Å². The van der Waals surface area contributed by atoms with Crippen LogP contribution < -0.4 is 17.0 Å². The maximum absolute atomic E-state index is 13.0. The third kappa shape index (κ3) is 2.75. The van der Waals surface area contributed by atoms with E-state index in [1.165, 1.54) is 11.6 Å². The SMILES string of the molecule is Cn1c(=O)c2c(-c3ccccc3)c(N)c(-c3ccc(Br)cc3)nc2n(C)c1=O. The van der Waals surface area contributed by atoms with E-state index in [4.69, 9.17) is 5.73 Å². The van der Waals surface area contributed by atoms with E-state index in [1.807, 2.05) is 54.6 Å². The molecule has 0 spiro atoms. The van der Waals surface area contributed by atoms with E-state index >= 15 is 0 Å². The summed E-state index contributed by atoms with van der Waals surface area (Å²) >= 11 is 3.42. The number of benzene rings is 2. The van der Waals surface area contributed by atoms with Crippen molar-refractivity contribution in [2.45, 2.75) is 0 Å². The van der Waals surface area contributed by atoms with Gasteiger partial charge in [-0.2, -0.15) is 0 Å². The van der Waals surface area contributed by atoms with Gasteiger partial charge in [0.1, 0.15) is 0 Å². The number of pyridine rings is 1. The van der Waals surface area contributed by atoms with Crippen molar-refractivity contribution >= 4 is 32.7 Å². The van der Waals surface area contributed by atoms with E-state index < -0.39 is 11.2 Å². The zero-order chi connectivity index (χ0) is 20.0. The Labute approximate surface area is 169 Å². The minimum Gasteiger partial charge on any atom is -0.396 e. The van der Waals surface area contributed by atoms with Gasteiger partial charge in [-0.15, -0.1) is 0 Å². The fourth-order valence-corrected chi connectivity index (χ4v) is 3.60. The summed E-state index contributed by atoms with van der Waals surface area (Å²) in [6.45, 7) is 0. The zero-order valence-corrected chi connectivity index (χ0v) is 16.9. The normalized spacial score (nSPS) is 11.1. The second-order valence-electron chi connectivity index (χ2n) is 6.53. The highest BCUT2D eigenvalue weighted by Gasteiger charge is 2.21. The molecule has 0 aliphatic heterocycles. The summed E-state index contributed by atoms with van der Waals surface area (Å²) < 4.78 is 3.39. The van der Waals surface area contributed by atoms with Crippen LogP contribution in [0.25, 0.3) is 33.4 Å². The molecule has 0 radical (unpaired) electrons. The molecule has 0 saturated carbocycles. The summed E-state index contributed by atoms with van der Waals surface area (Å²) in [7, 11) is 3.06. The molecule has 2 aromatic heterocycles. The first-order valence-electron chi connectivity index (χ1n) is 8.60. The van der Waals surface area contributed by atoms with Crippen LogP contribution in [0, 0.1) is 0 Å². The number of anilines is 1. The fraction of sp³-hybridized carbons (Fsp3) is 0.0952. The molecule has 28 heavy (non-hydrogen) atoms. The highest BCUT2D eigenvalue weighted by molar-refractivity contribution is 9.10. The van der Waals surface area contributed by atoms with Gasteiger partial charge in [0.05, 0.1) is 16.8 Å². The van der Waals surface area contributed by atoms with Crippen LogP contribution in [0.15, 0.2) is 68.7 Å². The van der Waals surface area contributed by atoms with Gasteiger partial charge in [-0.3, -0.25) is 13.9 Å². The molecule has 2 N–H and O–H groups in total. The monoisotopic (exact) mass is 436 g/mol. The highest BCUT2D eigenvalue weighted by atomic mass is 79.9. The smallest absolute Gasteiger partial charge is 0.332 e. The Bertz CT molecular complexity index is 1320. The molecule has 0 aliphatic rings. The van der Waals surface area contributed by atoms with Crippen LogP contribution in [0.5, 0.6) is 0 Å². The van der Waals surface area contributed by atoms with E-state index in [9.17, 15) is 9.59 Å². The summed E-state index contributed by atoms with van der Waals surface area (Å²) in [6, 6.07) is 17.0. The van der Waals surface area contributed by atoms with Crippen molar-refractivity contribution in [3.63, 3.8) is 0 Å². The molecule has 4 aromatic rings. The molecule has 2 heterocycles. The lowest BCUT2D eigenvalue weighted by atomic mass is 9.97. The number of hydrogen-bond acceptors (Lipinski definition) is 4. The molecule has 7 heteroatoms. The molecular formula is C21H17BrN4O2. The number of fused-ring (bicyclic) bond motifs is 1. The highest BCUT2D eigenvalue weighted by Crippen LogP contribution is 2.37. The zero-order valence-electron chi connectivity index (χ0n) is 15.3. The molecule has 0 unspecified atom stereocenters. The van der Waals surface area contributed by atoms with Crippen molar-refractivity contribution in [1.82, 2.24) is 14.1 Å². The quantitative estimate of drug-likeness (QED) is 0.522. The van der Waals surface area contributed by atoms with Crippen LogP contribution in [0.1, 0.15) is 0 Å². The minimum absolute atomic E-state index is 0.305. The van der Waals surface area contributed by atoms with Crippen molar-refractivity contribution in [1.29, 1.82) is 0 Å². The first kappa shape index (κ1) is 18.2. The summed E-state index contributed by atoms with van der Waals surface area (Å²) in [5.41, 5.74) is 9.11. The van der Waals surface area contributed by atoms with Crippen molar-refractivity contribution in [3.8, 4) is 22.4 Å². The van der Waals surface area contributed by atoms with Crippen molar-refractivity contribution < 1.29 is 0 Å². The number of aryl methyl sites for hydroxylation is 1. The lowest BCUT2D eigenvalue weighted by Crippen LogP contribution is -2.37. The number of rotatable bonds is 2. The number of aromatic nitrogens is 3. The molecule has 0 amide bonds. The predicted octanol–water partition coefficient (Wildman–Crippen LogP) is 3.31. The molecule has 6 nitrogen and oxygen atoms in total. The second kappa shape index (κ2) is 6.76. The Morgan fingerprint density at radius 3 is 2.18 bits per heavy atom. The third-order valence-electron chi connectivity index (χ3n) is 4.81. The molecule has 0 atom stereocenters. The topological polar surface area (TPSA) is 82.9 Å². The molecule has 2 aromatic carbocycles. The number of nitrogen functional groups attached to an aromatic ring is 1. The third-order valence-corrected chi connectivity index (χ3v) is 5.33. The molecule has 4 rings (SSSR count). The lowest BCUT2D eigenvalue weighted by molar-refractivity contribution is 0.708.